The molecular weight excluding hydrogens is 140 g/mol. The van der Waals surface area contributed by atoms with Crippen LogP contribution in [0.15, 0.2) is 0 Å². The predicted octanol–water partition coefficient (Wildman–Crippen LogP) is 0.886. The van der Waals surface area contributed by atoms with Gasteiger partial charge in [0.15, 0.2) is 0 Å². The first-order chi connectivity index (χ1) is 5.09. The van der Waals surface area contributed by atoms with Gasteiger partial charge in [0, 0.05) is 5.92 Å². The second-order valence-electron chi connectivity index (χ2n) is 2.75. The molecule has 11 heavy (non-hydrogen) atoms. The van der Waals surface area contributed by atoms with Crippen LogP contribution in [0.1, 0.15) is 31.4 Å². The zero-order valence-corrected chi connectivity index (χ0v) is 7.00. The molecule has 0 bridgehead atoms. The molecule has 4 heteroatoms. The second kappa shape index (κ2) is 2.82. The first kappa shape index (κ1) is 7.91. The van der Waals surface area contributed by atoms with Crippen LogP contribution in [0.3, 0.4) is 0 Å². The lowest BCUT2D eigenvalue weighted by Gasteiger charge is -2.03. The van der Waals surface area contributed by atoms with Crippen molar-refractivity contribution in [2.24, 2.45) is 0 Å². The minimum Gasteiger partial charge on any atom is -0.368 e. The molecule has 0 radical (unpaired) electrons. The summed E-state index contributed by atoms with van der Waals surface area (Å²) in [5, 5.41) is 0. The molecule has 0 aliphatic heterocycles. The molecule has 1 aromatic heterocycles. The molecule has 1 rings (SSSR count). The van der Waals surface area contributed by atoms with Crippen molar-refractivity contribution in [3.05, 3.63) is 11.6 Å². The van der Waals surface area contributed by atoms with E-state index in [0.29, 0.717) is 17.7 Å². The Balaban J connectivity index is 3.08. The van der Waals surface area contributed by atoms with Crippen LogP contribution in [-0.2, 0) is 0 Å². The van der Waals surface area contributed by atoms with Gasteiger partial charge in [-0.15, -0.1) is 0 Å². The van der Waals surface area contributed by atoms with Crippen molar-refractivity contribution in [3.63, 3.8) is 0 Å². The Morgan fingerprint density at radius 1 is 1.18 bits per heavy atom. The van der Waals surface area contributed by atoms with Crippen LogP contribution in [0.2, 0.25) is 0 Å². The predicted molar refractivity (Wildman–Crippen MR) is 43.1 cm³/mol. The summed E-state index contributed by atoms with van der Waals surface area (Å²) in [7, 11) is 0. The highest BCUT2D eigenvalue weighted by Crippen LogP contribution is 2.08. The fourth-order valence-electron chi connectivity index (χ4n) is 0.782. The number of aromatic nitrogens is 3. The Bertz CT molecular complexity index is 236. The standard InChI is InChI=1S/C7H12N4/c1-4(2)6-9-5(3)10-7(8)11-6/h4H,1-3H3,(H2,8,9,10,11). The van der Waals surface area contributed by atoms with Crippen molar-refractivity contribution in [2.75, 3.05) is 5.73 Å². The van der Waals surface area contributed by atoms with Crippen molar-refractivity contribution in [2.45, 2.75) is 26.7 Å². The smallest absolute Gasteiger partial charge is 0.223 e. The number of hydrogen-bond donors (Lipinski definition) is 1. The van der Waals surface area contributed by atoms with E-state index in [1.54, 1.807) is 0 Å². The van der Waals surface area contributed by atoms with Gasteiger partial charge in [-0.05, 0) is 6.92 Å². The molecular formula is C7H12N4. The average molecular weight is 152 g/mol. The normalized spacial score (nSPS) is 10.5. The highest BCUT2D eigenvalue weighted by molar-refractivity contribution is 5.16. The lowest BCUT2D eigenvalue weighted by molar-refractivity contribution is 0.751. The third kappa shape index (κ3) is 1.86. The number of rotatable bonds is 1. The van der Waals surface area contributed by atoms with Crippen molar-refractivity contribution >= 4 is 5.95 Å². The lowest BCUT2D eigenvalue weighted by atomic mass is 10.2. The topological polar surface area (TPSA) is 64.7 Å². The van der Waals surface area contributed by atoms with Gasteiger partial charge in [0.1, 0.15) is 11.6 Å². The van der Waals surface area contributed by atoms with Crippen molar-refractivity contribution in [1.29, 1.82) is 0 Å². The highest BCUT2D eigenvalue weighted by atomic mass is 15.1. The molecule has 1 heterocycles. The highest BCUT2D eigenvalue weighted by Gasteiger charge is 2.04. The Morgan fingerprint density at radius 3 is 2.27 bits per heavy atom. The molecule has 0 aliphatic carbocycles. The average Bonchev–Trinajstić information content (AvgIpc) is 1.85. The van der Waals surface area contributed by atoms with Gasteiger partial charge >= 0.3 is 0 Å². The van der Waals surface area contributed by atoms with Crippen LogP contribution in [0, 0.1) is 6.92 Å². The second-order valence-corrected chi connectivity index (χ2v) is 2.75. The van der Waals surface area contributed by atoms with E-state index in [2.05, 4.69) is 15.0 Å². The van der Waals surface area contributed by atoms with Gasteiger partial charge in [0.05, 0.1) is 0 Å². The summed E-state index contributed by atoms with van der Waals surface area (Å²) in [5.74, 6) is 2.05. The van der Waals surface area contributed by atoms with Crippen LogP contribution in [0.4, 0.5) is 5.95 Å². The summed E-state index contributed by atoms with van der Waals surface area (Å²) in [6.45, 7) is 5.85. The maximum absolute atomic E-state index is 5.44. The summed E-state index contributed by atoms with van der Waals surface area (Å²) in [6, 6.07) is 0. The minimum absolute atomic E-state index is 0.305. The van der Waals surface area contributed by atoms with Crippen molar-refractivity contribution in [3.8, 4) is 0 Å². The SMILES string of the molecule is Cc1nc(N)nc(C(C)C)n1. The molecule has 0 aromatic carbocycles. The lowest BCUT2D eigenvalue weighted by Crippen LogP contribution is -2.05. The Kier molecular flexibility index (Phi) is 2.03. The number of nitrogens with two attached hydrogens (primary N) is 1. The third-order valence-electron chi connectivity index (χ3n) is 1.30. The fourth-order valence-corrected chi connectivity index (χ4v) is 0.782. The summed E-state index contributed by atoms with van der Waals surface area (Å²) in [4.78, 5) is 12.0. The summed E-state index contributed by atoms with van der Waals surface area (Å²) in [6.07, 6.45) is 0. The van der Waals surface area contributed by atoms with E-state index in [1.807, 2.05) is 20.8 Å². The largest absolute Gasteiger partial charge is 0.368 e. The zero-order valence-electron chi connectivity index (χ0n) is 7.00. The van der Waals surface area contributed by atoms with Gasteiger partial charge in [-0.3, -0.25) is 0 Å². The van der Waals surface area contributed by atoms with E-state index < -0.39 is 0 Å². The van der Waals surface area contributed by atoms with Gasteiger partial charge in [0.2, 0.25) is 5.95 Å². The molecule has 0 saturated heterocycles. The molecule has 4 nitrogen and oxygen atoms in total. The van der Waals surface area contributed by atoms with E-state index >= 15 is 0 Å². The van der Waals surface area contributed by atoms with E-state index in [1.165, 1.54) is 0 Å². The molecule has 0 fully saturated rings. The quantitative estimate of drug-likeness (QED) is 0.649. The molecule has 0 saturated carbocycles. The van der Waals surface area contributed by atoms with E-state index in [0.717, 1.165) is 5.82 Å². The Hall–Kier alpha value is -1.19. The van der Waals surface area contributed by atoms with E-state index in [-0.39, 0.29) is 0 Å². The Morgan fingerprint density at radius 2 is 1.82 bits per heavy atom. The molecule has 60 valence electrons. The number of anilines is 1. The molecule has 0 spiro atoms. The first-order valence-electron chi connectivity index (χ1n) is 3.57. The van der Waals surface area contributed by atoms with Crippen molar-refractivity contribution < 1.29 is 0 Å². The monoisotopic (exact) mass is 152 g/mol. The van der Waals surface area contributed by atoms with Crippen LogP contribution >= 0.6 is 0 Å². The molecule has 0 aliphatic rings. The van der Waals surface area contributed by atoms with Crippen LogP contribution in [0.5, 0.6) is 0 Å². The summed E-state index contributed by atoms with van der Waals surface area (Å²) in [5.41, 5.74) is 5.44. The summed E-state index contributed by atoms with van der Waals surface area (Å²) < 4.78 is 0. The number of nitrogen functional groups attached to an aromatic ring is 1. The van der Waals surface area contributed by atoms with Gasteiger partial charge in [-0.25, -0.2) is 4.98 Å². The Labute approximate surface area is 65.9 Å². The summed E-state index contributed by atoms with van der Waals surface area (Å²) >= 11 is 0. The third-order valence-corrected chi connectivity index (χ3v) is 1.30. The number of nitrogens with zero attached hydrogens (tertiary/aromatic N) is 3. The maximum atomic E-state index is 5.44. The van der Waals surface area contributed by atoms with Crippen LogP contribution < -0.4 is 5.73 Å². The van der Waals surface area contributed by atoms with Crippen molar-refractivity contribution in [1.82, 2.24) is 15.0 Å². The molecule has 0 amide bonds. The maximum Gasteiger partial charge on any atom is 0.223 e. The van der Waals surface area contributed by atoms with Gasteiger partial charge < -0.3 is 5.73 Å². The van der Waals surface area contributed by atoms with Gasteiger partial charge in [0.25, 0.3) is 0 Å². The zero-order chi connectivity index (χ0) is 8.43. The molecule has 0 unspecified atom stereocenters. The number of aryl methyl sites for hydroxylation is 1. The molecule has 2 N–H and O–H groups in total. The molecule has 1 aromatic rings. The van der Waals surface area contributed by atoms with Gasteiger partial charge in [-0.1, -0.05) is 13.8 Å². The van der Waals surface area contributed by atoms with E-state index in [9.17, 15) is 0 Å². The van der Waals surface area contributed by atoms with Crippen LogP contribution in [0.25, 0.3) is 0 Å². The first-order valence-corrected chi connectivity index (χ1v) is 3.57. The van der Waals surface area contributed by atoms with Crippen LogP contribution in [-0.4, -0.2) is 15.0 Å². The minimum atomic E-state index is 0.305. The number of hydrogen-bond acceptors (Lipinski definition) is 4. The van der Waals surface area contributed by atoms with Gasteiger partial charge in [-0.2, -0.15) is 9.97 Å². The molecule has 0 atom stereocenters. The van der Waals surface area contributed by atoms with E-state index in [4.69, 9.17) is 5.73 Å². The fraction of sp³-hybridized carbons (Fsp3) is 0.571.